The van der Waals surface area contributed by atoms with E-state index in [2.05, 4.69) is 55.6 Å². The molecule has 1 saturated heterocycles. The maximum Gasteiger partial charge on any atom is 0.308 e. The van der Waals surface area contributed by atoms with Crippen molar-refractivity contribution in [2.45, 2.75) is 19.4 Å². The van der Waals surface area contributed by atoms with Crippen LogP contribution < -0.4 is 14.8 Å². The van der Waals surface area contributed by atoms with Crippen LogP contribution in [0, 0.1) is 0 Å². The van der Waals surface area contributed by atoms with Crippen molar-refractivity contribution in [1.29, 1.82) is 0 Å². The third kappa shape index (κ3) is 5.73. The molecule has 1 N–H and O–H groups in total. The molecule has 0 unspecified atom stereocenters. The summed E-state index contributed by atoms with van der Waals surface area (Å²) in [5, 5.41) is 10.8. The molecule has 0 bridgehead atoms. The van der Waals surface area contributed by atoms with Crippen molar-refractivity contribution in [2.24, 2.45) is 0 Å². The first-order valence-corrected chi connectivity index (χ1v) is 11.7. The third-order valence-corrected chi connectivity index (χ3v) is 6.10. The van der Waals surface area contributed by atoms with Gasteiger partial charge in [-0.25, -0.2) is 0 Å². The number of nitrogens with one attached hydrogen (secondary N) is 1. The molecule has 2 aliphatic heterocycles. The van der Waals surface area contributed by atoms with Crippen LogP contribution in [0.3, 0.4) is 0 Å². The number of aromatic nitrogens is 2. The van der Waals surface area contributed by atoms with Crippen LogP contribution in [0.25, 0.3) is 0 Å². The highest BCUT2D eigenvalue weighted by atomic mass is 16.7. The Kier molecular flexibility index (Phi) is 7.02. The van der Waals surface area contributed by atoms with Gasteiger partial charge in [-0.15, -0.1) is 10.2 Å². The number of nitrogens with zero attached hydrogens (tertiary/aromatic N) is 4. The largest absolute Gasteiger partial charge is 0.454 e. The number of carbonyl (C=O) groups excluding carboxylic acids is 1. The first-order valence-electron chi connectivity index (χ1n) is 11.7. The minimum absolute atomic E-state index is 0.00901. The number of hydrogen-bond acceptors (Lipinski definition) is 8. The summed E-state index contributed by atoms with van der Waals surface area (Å²) in [6.07, 6.45) is 1.30. The van der Waals surface area contributed by atoms with E-state index in [1.54, 1.807) is 0 Å². The number of benzene rings is 2. The molecule has 0 spiro atoms. The number of hydrogen-bond donors (Lipinski definition) is 1. The number of carbonyl (C=O) groups is 1. The van der Waals surface area contributed by atoms with Crippen LogP contribution >= 0.6 is 0 Å². The lowest BCUT2D eigenvalue weighted by molar-refractivity contribution is 0.0911. The Hall–Kier alpha value is -3.43. The van der Waals surface area contributed by atoms with Gasteiger partial charge in [-0.05, 0) is 36.2 Å². The summed E-state index contributed by atoms with van der Waals surface area (Å²) in [6, 6.07) is 16.2. The van der Waals surface area contributed by atoms with Crippen LogP contribution in [-0.4, -0.2) is 72.0 Å². The van der Waals surface area contributed by atoms with E-state index in [4.69, 9.17) is 13.9 Å². The molecule has 3 aromatic rings. The van der Waals surface area contributed by atoms with Gasteiger partial charge in [-0.3, -0.25) is 9.69 Å². The molecule has 1 aromatic heterocycles. The summed E-state index contributed by atoms with van der Waals surface area (Å²) in [6.45, 7) is 6.99. The molecule has 9 nitrogen and oxygen atoms in total. The van der Waals surface area contributed by atoms with Gasteiger partial charge in [0.05, 0.1) is 6.42 Å². The Morgan fingerprint density at radius 3 is 2.56 bits per heavy atom. The number of piperazine rings is 1. The quantitative estimate of drug-likeness (QED) is 0.484. The first kappa shape index (κ1) is 22.4. The van der Waals surface area contributed by atoms with Crippen LogP contribution in [0.15, 0.2) is 52.9 Å². The third-order valence-electron chi connectivity index (χ3n) is 6.10. The van der Waals surface area contributed by atoms with Crippen molar-refractivity contribution in [2.75, 3.05) is 46.1 Å². The van der Waals surface area contributed by atoms with Crippen LogP contribution in [0.5, 0.6) is 11.5 Å². The van der Waals surface area contributed by atoms with Crippen LogP contribution in [0.2, 0.25) is 0 Å². The molecule has 3 heterocycles. The fourth-order valence-electron chi connectivity index (χ4n) is 4.24. The van der Waals surface area contributed by atoms with Gasteiger partial charge in [0.25, 0.3) is 0 Å². The highest BCUT2D eigenvalue weighted by Crippen LogP contribution is 2.33. The van der Waals surface area contributed by atoms with Gasteiger partial charge < -0.3 is 24.1 Å². The lowest BCUT2D eigenvalue weighted by atomic mass is 10.1. The minimum Gasteiger partial charge on any atom is -0.454 e. The topological polar surface area (TPSA) is 93.0 Å². The standard InChI is InChI=1S/C25H29N5O4/c31-24(25-28-27-23(34-25)16-20-7-8-21-22(15-20)33-18-32-21)26-9-4-10-29-11-13-30(14-12-29)17-19-5-2-1-3-6-19/h1-3,5-8,15H,4,9-14,16-18H2,(H,26,31). The Bertz CT molecular complexity index is 1100. The molecule has 9 heteroatoms. The van der Waals surface area contributed by atoms with Crippen molar-refractivity contribution in [1.82, 2.24) is 25.3 Å². The smallest absolute Gasteiger partial charge is 0.308 e. The van der Waals surface area contributed by atoms with Crippen molar-refractivity contribution in [3.8, 4) is 11.5 Å². The summed E-state index contributed by atoms with van der Waals surface area (Å²) in [5.74, 6) is 1.47. The number of amides is 1. The minimum atomic E-state index is -0.336. The van der Waals surface area contributed by atoms with Gasteiger partial charge in [-0.2, -0.15) is 0 Å². The fourth-order valence-corrected chi connectivity index (χ4v) is 4.24. The summed E-state index contributed by atoms with van der Waals surface area (Å²) in [5.41, 5.74) is 2.31. The number of fused-ring (bicyclic) bond motifs is 1. The maximum absolute atomic E-state index is 12.4. The van der Waals surface area contributed by atoms with Crippen LogP contribution in [0.4, 0.5) is 0 Å². The summed E-state index contributed by atoms with van der Waals surface area (Å²) >= 11 is 0. The van der Waals surface area contributed by atoms with Crippen LogP contribution in [-0.2, 0) is 13.0 Å². The average Bonchev–Trinajstić information content (AvgIpc) is 3.53. The molecule has 0 radical (unpaired) electrons. The zero-order valence-corrected chi connectivity index (χ0v) is 19.1. The van der Waals surface area contributed by atoms with E-state index in [-0.39, 0.29) is 18.6 Å². The number of ether oxygens (including phenoxy) is 2. The average molecular weight is 464 g/mol. The van der Waals surface area contributed by atoms with Gasteiger partial charge in [0.1, 0.15) is 0 Å². The molecule has 0 aliphatic carbocycles. The van der Waals surface area contributed by atoms with Crippen molar-refractivity contribution >= 4 is 5.91 Å². The fraction of sp³-hybridized carbons (Fsp3) is 0.400. The monoisotopic (exact) mass is 463 g/mol. The van der Waals surface area contributed by atoms with E-state index in [1.165, 1.54) is 5.56 Å². The second-order valence-corrected chi connectivity index (χ2v) is 8.58. The second kappa shape index (κ2) is 10.7. The van der Waals surface area contributed by atoms with Crippen molar-refractivity contribution in [3.63, 3.8) is 0 Å². The maximum atomic E-state index is 12.4. The summed E-state index contributed by atoms with van der Waals surface area (Å²) < 4.78 is 16.3. The van der Waals surface area contributed by atoms with Gasteiger partial charge in [0.2, 0.25) is 12.7 Å². The lowest BCUT2D eigenvalue weighted by Crippen LogP contribution is -2.46. The molecule has 1 fully saturated rings. The molecular formula is C25H29N5O4. The molecule has 1 amide bonds. The van der Waals surface area contributed by atoms with E-state index in [0.29, 0.717) is 24.6 Å². The highest BCUT2D eigenvalue weighted by Gasteiger charge is 2.19. The van der Waals surface area contributed by atoms with E-state index in [0.717, 1.165) is 57.0 Å². The van der Waals surface area contributed by atoms with E-state index >= 15 is 0 Å². The van der Waals surface area contributed by atoms with E-state index < -0.39 is 0 Å². The first-order chi connectivity index (χ1) is 16.7. The van der Waals surface area contributed by atoms with Gasteiger partial charge in [0, 0.05) is 39.3 Å². The van der Waals surface area contributed by atoms with E-state index in [9.17, 15) is 4.79 Å². The van der Waals surface area contributed by atoms with Crippen molar-refractivity contribution < 1.29 is 18.7 Å². The molecule has 0 atom stereocenters. The Balaban J connectivity index is 0.999. The van der Waals surface area contributed by atoms with Crippen LogP contribution in [0.1, 0.15) is 34.1 Å². The normalized spacial score (nSPS) is 16.0. The molecular weight excluding hydrogens is 434 g/mol. The zero-order chi connectivity index (χ0) is 23.2. The Labute approximate surface area is 198 Å². The Morgan fingerprint density at radius 2 is 1.71 bits per heavy atom. The molecule has 0 saturated carbocycles. The SMILES string of the molecule is O=C(NCCCN1CCN(Cc2ccccc2)CC1)c1nnc(Cc2ccc3c(c2)OCO3)o1. The van der Waals surface area contributed by atoms with Gasteiger partial charge in [-0.1, -0.05) is 36.4 Å². The highest BCUT2D eigenvalue weighted by molar-refractivity contribution is 5.89. The van der Waals surface area contributed by atoms with Gasteiger partial charge in [0.15, 0.2) is 11.5 Å². The van der Waals surface area contributed by atoms with Crippen molar-refractivity contribution in [3.05, 3.63) is 71.4 Å². The molecule has 34 heavy (non-hydrogen) atoms. The second-order valence-electron chi connectivity index (χ2n) is 8.58. The summed E-state index contributed by atoms with van der Waals surface area (Å²) in [7, 11) is 0. The predicted molar refractivity (Wildman–Crippen MR) is 125 cm³/mol. The molecule has 178 valence electrons. The predicted octanol–water partition coefficient (Wildman–Crippen LogP) is 2.33. The molecule has 5 rings (SSSR count). The molecule has 2 aromatic carbocycles. The number of rotatable bonds is 9. The lowest BCUT2D eigenvalue weighted by Gasteiger charge is -2.34. The molecule has 2 aliphatic rings. The summed E-state index contributed by atoms with van der Waals surface area (Å²) in [4.78, 5) is 17.3. The van der Waals surface area contributed by atoms with Gasteiger partial charge >= 0.3 is 11.8 Å². The van der Waals surface area contributed by atoms with E-state index in [1.807, 2.05) is 18.2 Å². The zero-order valence-electron chi connectivity index (χ0n) is 19.1. The Morgan fingerprint density at radius 1 is 0.912 bits per heavy atom.